The number of carbonyl (C=O) groups excluding carboxylic acids is 1. The molecule has 0 radical (unpaired) electrons. The van der Waals surface area contributed by atoms with Gasteiger partial charge in [-0.05, 0) is 31.2 Å². The molecule has 1 aliphatic rings. The van der Waals surface area contributed by atoms with Crippen LogP contribution >= 0.6 is 0 Å². The average Bonchev–Trinajstić information content (AvgIpc) is 2.94. The van der Waals surface area contributed by atoms with Crippen LogP contribution in [0.15, 0.2) is 42.5 Å². The molecule has 0 bridgehead atoms. The molecule has 0 unspecified atom stereocenters. The van der Waals surface area contributed by atoms with Gasteiger partial charge >= 0.3 is 0 Å². The maximum absolute atomic E-state index is 13.7. The lowest BCUT2D eigenvalue weighted by Crippen LogP contribution is -2.38. The van der Waals surface area contributed by atoms with Crippen LogP contribution in [0.25, 0.3) is 0 Å². The standard InChI is InChI=1S/C18H18F2N2O/c1-21(11-14-6-7-15(19)10-16(14)20)12-18(23)22-9-8-13-4-2-3-5-17(13)22/h2-7,10H,8-9,11-12H2,1H3. The largest absolute Gasteiger partial charge is 0.311 e. The van der Waals surface area contributed by atoms with Crippen molar-refractivity contribution in [2.75, 3.05) is 25.0 Å². The van der Waals surface area contributed by atoms with Crippen molar-refractivity contribution in [1.82, 2.24) is 4.90 Å². The van der Waals surface area contributed by atoms with E-state index < -0.39 is 11.6 Å². The van der Waals surface area contributed by atoms with Crippen molar-refractivity contribution >= 4 is 11.6 Å². The monoisotopic (exact) mass is 316 g/mol. The highest BCUT2D eigenvalue weighted by molar-refractivity contribution is 5.96. The third kappa shape index (κ3) is 3.40. The third-order valence-electron chi connectivity index (χ3n) is 4.05. The highest BCUT2D eigenvalue weighted by Gasteiger charge is 2.24. The average molecular weight is 316 g/mol. The number of likely N-dealkylation sites (N-methyl/N-ethyl adjacent to an activating group) is 1. The van der Waals surface area contributed by atoms with Crippen molar-refractivity contribution in [3.05, 3.63) is 65.2 Å². The second kappa shape index (κ2) is 6.46. The molecule has 5 heteroatoms. The van der Waals surface area contributed by atoms with Crippen LogP contribution < -0.4 is 4.90 Å². The molecule has 0 saturated carbocycles. The minimum absolute atomic E-state index is 0.0139. The Morgan fingerprint density at radius 3 is 2.78 bits per heavy atom. The minimum Gasteiger partial charge on any atom is -0.311 e. The number of hydrogen-bond acceptors (Lipinski definition) is 2. The number of anilines is 1. The fourth-order valence-electron chi connectivity index (χ4n) is 2.91. The number of benzene rings is 2. The smallest absolute Gasteiger partial charge is 0.241 e. The van der Waals surface area contributed by atoms with Crippen LogP contribution in [0.1, 0.15) is 11.1 Å². The number of halogens is 2. The lowest BCUT2D eigenvalue weighted by molar-refractivity contribution is -0.119. The van der Waals surface area contributed by atoms with Gasteiger partial charge in [-0.2, -0.15) is 0 Å². The molecule has 23 heavy (non-hydrogen) atoms. The van der Waals surface area contributed by atoms with Gasteiger partial charge in [0.25, 0.3) is 0 Å². The van der Waals surface area contributed by atoms with Gasteiger partial charge in [-0.3, -0.25) is 9.69 Å². The summed E-state index contributed by atoms with van der Waals surface area (Å²) in [6.45, 7) is 1.12. The number of nitrogens with zero attached hydrogens (tertiary/aromatic N) is 2. The van der Waals surface area contributed by atoms with Crippen molar-refractivity contribution in [3.63, 3.8) is 0 Å². The summed E-state index contributed by atoms with van der Waals surface area (Å²) >= 11 is 0. The fourth-order valence-corrected chi connectivity index (χ4v) is 2.91. The van der Waals surface area contributed by atoms with Crippen LogP contribution in [0.3, 0.4) is 0 Å². The van der Waals surface area contributed by atoms with Crippen LogP contribution in [0.5, 0.6) is 0 Å². The number of rotatable bonds is 4. The van der Waals surface area contributed by atoms with Gasteiger partial charge in [-0.15, -0.1) is 0 Å². The number of fused-ring (bicyclic) bond motifs is 1. The van der Waals surface area contributed by atoms with E-state index in [4.69, 9.17) is 0 Å². The van der Waals surface area contributed by atoms with Gasteiger partial charge in [-0.25, -0.2) is 8.78 Å². The Morgan fingerprint density at radius 2 is 2.00 bits per heavy atom. The Morgan fingerprint density at radius 1 is 1.22 bits per heavy atom. The molecule has 0 fully saturated rings. The second-order valence-corrected chi connectivity index (χ2v) is 5.83. The maximum atomic E-state index is 13.7. The van der Waals surface area contributed by atoms with Crippen LogP contribution in [0, 0.1) is 11.6 Å². The van der Waals surface area contributed by atoms with Crippen LogP contribution in [-0.4, -0.2) is 30.9 Å². The van der Waals surface area contributed by atoms with Crippen LogP contribution in [0.2, 0.25) is 0 Å². The molecule has 0 N–H and O–H groups in total. The number of para-hydroxylation sites is 1. The normalized spacial score (nSPS) is 13.5. The fraction of sp³-hybridized carbons (Fsp3) is 0.278. The van der Waals surface area contributed by atoms with E-state index in [1.165, 1.54) is 17.7 Å². The molecule has 0 spiro atoms. The summed E-state index contributed by atoms with van der Waals surface area (Å²) in [4.78, 5) is 16.0. The zero-order valence-electron chi connectivity index (χ0n) is 12.9. The predicted octanol–water partition coefficient (Wildman–Crippen LogP) is 2.99. The van der Waals surface area contributed by atoms with Crippen molar-refractivity contribution in [2.24, 2.45) is 0 Å². The molecule has 2 aromatic rings. The molecule has 1 heterocycles. The minimum atomic E-state index is -0.598. The van der Waals surface area contributed by atoms with Gasteiger partial charge in [0, 0.05) is 30.4 Å². The van der Waals surface area contributed by atoms with E-state index in [-0.39, 0.29) is 19.0 Å². The molecule has 1 amide bonds. The van der Waals surface area contributed by atoms with Crippen molar-refractivity contribution < 1.29 is 13.6 Å². The Balaban J connectivity index is 1.64. The summed E-state index contributed by atoms with van der Waals surface area (Å²) in [5.41, 5.74) is 2.51. The summed E-state index contributed by atoms with van der Waals surface area (Å²) < 4.78 is 26.6. The van der Waals surface area contributed by atoms with Crippen molar-refractivity contribution in [1.29, 1.82) is 0 Å². The summed E-state index contributed by atoms with van der Waals surface area (Å²) in [7, 11) is 1.75. The summed E-state index contributed by atoms with van der Waals surface area (Å²) in [5, 5.41) is 0. The quantitative estimate of drug-likeness (QED) is 0.866. The third-order valence-corrected chi connectivity index (χ3v) is 4.05. The van der Waals surface area contributed by atoms with Crippen LogP contribution in [0.4, 0.5) is 14.5 Å². The maximum Gasteiger partial charge on any atom is 0.241 e. The first-order valence-electron chi connectivity index (χ1n) is 7.55. The molecular formula is C18H18F2N2O. The van der Waals surface area contributed by atoms with Crippen molar-refractivity contribution in [3.8, 4) is 0 Å². The summed E-state index contributed by atoms with van der Waals surface area (Å²) in [5.74, 6) is -1.20. The van der Waals surface area contributed by atoms with E-state index in [2.05, 4.69) is 0 Å². The Labute approximate surface area is 134 Å². The number of carbonyl (C=O) groups is 1. The first kappa shape index (κ1) is 15.6. The van der Waals surface area contributed by atoms with Gasteiger partial charge in [-0.1, -0.05) is 24.3 Å². The Hall–Kier alpha value is -2.27. The zero-order valence-corrected chi connectivity index (χ0v) is 12.9. The molecule has 2 aromatic carbocycles. The van der Waals surface area contributed by atoms with Gasteiger partial charge in [0.1, 0.15) is 11.6 Å². The van der Waals surface area contributed by atoms with Crippen molar-refractivity contribution in [2.45, 2.75) is 13.0 Å². The van der Waals surface area contributed by atoms with E-state index in [1.807, 2.05) is 24.3 Å². The number of amides is 1. The highest BCUT2D eigenvalue weighted by Crippen LogP contribution is 2.27. The summed E-state index contributed by atoms with van der Waals surface area (Å²) in [6.07, 6.45) is 0.859. The molecule has 120 valence electrons. The lowest BCUT2D eigenvalue weighted by atomic mass is 10.2. The van der Waals surface area contributed by atoms with E-state index in [1.54, 1.807) is 16.8 Å². The van der Waals surface area contributed by atoms with Crippen LogP contribution in [-0.2, 0) is 17.8 Å². The van der Waals surface area contributed by atoms with Gasteiger partial charge in [0.05, 0.1) is 6.54 Å². The molecule has 3 rings (SSSR count). The van der Waals surface area contributed by atoms with E-state index in [0.717, 1.165) is 18.2 Å². The molecule has 0 aromatic heterocycles. The van der Waals surface area contributed by atoms with E-state index in [0.29, 0.717) is 12.1 Å². The zero-order chi connectivity index (χ0) is 16.4. The van der Waals surface area contributed by atoms with Gasteiger partial charge in [0.15, 0.2) is 0 Å². The summed E-state index contributed by atoms with van der Waals surface area (Å²) in [6, 6.07) is 11.4. The highest BCUT2D eigenvalue weighted by atomic mass is 19.1. The molecule has 0 aliphatic carbocycles. The molecule has 1 aliphatic heterocycles. The van der Waals surface area contributed by atoms with Gasteiger partial charge in [0.2, 0.25) is 5.91 Å². The first-order valence-corrected chi connectivity index (χ1v) is 7.55. The molecular weight excluding hydrogens is 298 g/mol. The second-order valence-electron chi connectivity index (χ2n) is 5.83. The SMILES string of the molecule is CN(CC(=O)N1CCc2ccccc21)Cc1ccc(F)cc1F. The van der Waals surface area contributed by atoms with E-state index >= 15 is 0 Å². The molecule has 3 nitrogen and oxygen atoms in total. The Bertz CT molecular complexity index is 733. The molecule has 0 atom stereocenters. The lowest BCUT2D eigenvalue weighted by Gasteiger charge is -2.22. The first-order chi connectivity index (χ1) is 11.0. The topological polar surface area (TPSA) is 23.6 Å². The van der Waals surface area contributed by atoms with E-state index in [9.17, 15) is 13.6 Å². The predicted molar refractivity (Wildman–Crippen MR) is 85.2 cm³/mol. The Kier molecular flexibility index (Phi) is 4.39. The van der Waals surface area contributed by atoms with Gasteiger partial charge < -0.3 is 4.90 Å². The molecule has 0 saturated heterocycles. The number of hydrogen-bond donors (Lipinski definition) is 0.